The molecule has 0 bridgehead atoms. The van der Waals surface area contributed by atoms with E-state index < -0.39 is 6.10 Å². The quantitative estimate of drug-likeness (QED) is 0.769. The van der Waals surface area contributed by atoms with Crippen LogP contribution in [-0.4, -0.2) is 5.11 Å². The first-order valence-corrected chi connectivity index (χ1v) is 7.40. The lowest BCUT2D eigenvalue weighted by atomic mass is 10.0. The van der Waals surface area contributed by atoms with Gasteiger partial charge in [0.1, 0.15) is 0 Å². The van der Waals surface area contributed by atoms with Crippen molar-refractivity contribution < 1.29 is 5.11 Å². The molecule has 0 spiro atoms. The van der Waals surface area contributed by atoms with Crippen molar-refractivity contribution in [1.29, 1.82) is 0 Å². The highest BCUT2D eigenvalue weighted by atomic mass is 79.9. The third-order valence-corrected chi connectivity index (χ3v) is 4.46. The summed E-state index contributed by atoms with van der Waals surface area (Å²) in [6, 6.07) is 13.5. The maximum Gasteiger partial charge on any atom is 0.0845 e. The van der Waals surface area contributed by atoms with Crippen molar-refractivity contribution in [2.75, 3.05) is 0 Å². The maximum atomic E-state index is 10.2. The van der Waals surface area contributed by atoms with E-state index in [-0.39, 0.29) is 0 Å². The van der Waals surface area contributed by atoms with Gasteiger partial charge in [0.2, 0.25) is 0 Å². The molecule has 0 saturated carbocycles. The lowest BCUT2D eigenvalue weighted by molar-refractivity contribution is 0.178. The fraction of sp³-hybridized carbons (Fsp3) is 0.143. The number of aliphatic hydroxyl groups excluding tert-OH is 1. The second kappa shape index (κ2) is 6.20. The van der Waals surface area contributed by atoms with E-state index >= 15 is 0 Å². The van der Waals surface area contributed by atoms with Gasteiger partial charge in [0.15, 0.2) is 0 Å². The number of aliphatic hydroxyl groups is 1. The number of rotatable bonds is 3. The van der Waals surface area contributed by atoms with E-state index in [2.05, 4.69) is 31.9 Å². The van der Waals surface area contributed by atoms with E-state index in [0.29, 0.717) is 11.4 Å². The van der Waals surface area contributed by atoms with Crippen molar-refractivity contribution in [2.24, 2.45) is 0 Å². The van der Waals surface area contributed by atoms with Gasteiger partial charge in [-0.05, 0) is 39.7 Å². The predicted molar refractivity (Wildman–Crippen MR) is 82.0 cm³/mol. The molecule has 94 valence electrons. The number of benzene rings is 2. The summed E-state index contributed by atoms with van der Waals surface area (Å²) in [5, 5.41) is 10.8. The van der Waals surface area contributed by atoms with Crippen LogP contribution in [0.4, 0.5) is 0 Å². The van der Waals surface area contributed by atoms with E-state index in [1.807, 2.05) is 42.5 Å². The third-order valence-electron chi connectivity index (χ3n) is 2.66. The molecule has 1 atom stereocenters. The summed E-state index contributed by atoms with van der Waals surface area (Å²) in [7, 11) is 0. The molecular formula is C14H11Br2ClO. The minimum absolute atomic E-state index is 0.537. The molecule has 18 heavy (non-hydrogen) atoms. The molecule has 4 heteroatoms. The molecule has 0 aliphatic rings. The van der Waals surface area contributed by atoms with Crippen LogP contribution in [0.5, 0.6) is 0 Å². The minimum Gasteiger partial charge on any atom is -0.388 e. The lowest BCUT2D eigenvalue weighted by Crippen LogP contribution is -2.02. The first kappa shape index (κ1) is 14.1. The molecule has 0 radical (unpaired) electrons. The topological polar surface area (TPSA) is 20.2 Å². The van der Waals surface area contributed by atoms with Crippen molar-refractivity contribution >= 4 is 43.5 Å². The molecule has 0 aliphatic carbocycles. The van der Waals surface area contributed by atoms with E-state index in [0.717, 1.165) is 20.1 Å². The van der Waals surface area contributed by atoms with Crippen LogP contribution in [0.1, 0.15) is 17.2 Å². The molecular weight excluding hydrogens is 379 g/mol. The van der Waals surface area contributed by atoms with Gasteiger partial charge in [-0.1, -0.05) is 51.8 Å². The zero-order valence-electron chi connectivity index (χ0n) is 9.41. The smallest absolute Gasteiger partial charge is 0.0845 e. The van der Waals surface area contributed by atoms with Crippen LogP contribution < -0.4 is 0 Å². The van der Waals surface area contributed by atoms with Crippen LogP contribution >= 0.6 is 43.5 Å². The summed E-state index contributed by atoms with van der Waals surface area (Å²) in [4.78, 5) is 0. The first-order valence-electron chi connectivity index (χ1n) is 5.44. The molecule has 0 heterocycles. The van der Waals surface area contributed by atoms with Gasteiger partial charge in [-0.3, -0.25) is 0 Å². The molecule has 0 saturated heterocycles. The number of hydrogen-bond donors (Lipinski definition) is 1. The molecule has 0 amide bonds. The summed E-state index contributed by atoms with van der Waals surface area (Å²) in [5.74, 6) is 0. The highest BCUT2D eigenvalue weighted by Gasteiger charge is 2.14. The lowest BCUT2D eigenvalue weighted by Gasteiger charge is -2.13. The Hall–Kier alpha value is -0.350. The Bertz CT molecular complexity index is 557. The molecule has 1 nitrogen and oxygen atoms in total. The average Bonchev–Trinajstić information content (AvgIpc) is 2.32. The molecule has 2 aromatic rings. The molecule has 1 N–H and O–H groups in total. The first-order chi connectivity index (χ1) is 8.58. The Kier molecular flexibility index (Phi) is 4.84. The van der Waals surface area contributed by atoms with E-state index in [1.54, 1.807) is 0 Å². The van der Waals surface area contributed by atoms with Crippen molar-refractivity contribution in [3.63, 3.8) is 0 Å². The standard InChI is InChI=1S/C14H11Br2ClO/c15-10-4-1-3-9(7-10)8-13(18)11-5-2-6-12(16)14(11)17/h1-7,13,18H,8H2. The summed E-state index contributed by atoms with van der Waals surface area (Å²) in [6.07, 6.45) is -0.0698. The van der Waals surface area contributed by atoms with E-state index in [9.17, 15) is 5.11 Å². The third kappa shape index (κ3) is 3.35. The Morgan fingerprint density at radius 2 is 1.83 bits per heavy atom. The van der Waals surface area contributed by atoms with E-state index in [1.165, 1.54) is 0 Å². The maximum absolute atomic E-state index is 10.2. The van der Waals surface area contributed by atoms with Crippen molar-refractivity contribution in [2.45, 2.75) is 12.5 Å². The van der Waals surface area contributed by atoms with Crippen molar-refractivity contribution in [3.8, 4) is 0 Å². The van der Waals surface area contributed by atoms with Crippen LogP contribution in [0.25, 0.3) is 0 Å². The highest BCUT2D eigenvalue weighted by molar-refractivity contribution is 9.10. The summed E-state index contributed by atoms with van der Waals surface area (Å²) >= 11 is 12.9. The SMILES string of the molecule is OC(Cc1cccc(Br)c1)c1cccc(Br)c1Cl. The molecule has 0 aromatic heterocycles. The van der Waals surface area contributed by atoms with Gasteiger partial charge in [0.05, 0.1) is 11.1 Å². The second-order valence-corrected chi connectivity index (χ2v) is 6.14. The van der Waals surface area contributed by atoms with Crippen LogP contribution in [0.2, 0.25) is 5.02 Å². The molecule has 2 aromatic carbocycles. The Morgan fingerprint density at radius 1 is 1.11 bits per heavy atom. The zero-order chi connectivity index (χ0) is 13.1. The molecule has 2 rings (SSSR count). The van der Waals surface area contributed by atoms with Gasteiger partial charge in [0, 0.05) is 20.9 Å². The van der Waals surface area contributed by atoms with Crippen LogP contribution in [0, 0.1) is 0 Å². The van der Waals surface area contributed by atoms with Crippen molar-refractivity contribution in [3.05, 3.63) is 67.6 Å². The van der Waals surface area contributed by atoms with Gasteiger partial charge < -0.3 is 5.11 Å². The molecule has 1 unspecified atom stereocenters. The van der Waals surface area contributed by atoms with Gasteiger partial charge in [-0.15, -0.1) is 0 Å². The minimum atomic E-state index is -0.607. The summed E-state index contributed by atoms with van der Waals surface area (Å²) in [6.45, 7) is 0. The van der Waals surface area contributed by atoms with Gasteiger partial charge in [-0.2, -0.15) is 0 Å². The van der Waals surface area contributed by atoms with Gasteiger partial charge >= 0.3 is 0 Å². The Morgan fingerprint density at radius 3 is 2.56 bits per heavy atom. The highest BCUT2D eigenvalue weighted by Crippen LogP contribution is 2.31. The van der Waals surface area contributed by atoms with Gasteiger partial charge in [0.25, 0.3) is 0 Å². The fourth-order valence-electron chi connectivity index (χ4n) is 1.77. The van der Waals surface area contributed by atoms with Crippen LogP contribution in [0.15, 0.2) is 51.4 Å². The monoisotopic (exact) mass is 388 g/mol. The zero-order valence-corrected chi connectivity index (χ0v) is 13.3. The predicted octanol–water partition coefficient (Wildman–Crippen LogP) is 5.14. The fourth-order valence-corrected chi connectivity index (χ4v) is 2.86. The van der Waals surface area contributed by atoms with Crippen LogP contribution in [0.3, 0.4) is 0 Å². The number of halogens is 3. The normalized spacial score (nSPS) is 12.4. The van der Waals surface area contributed by atoms with Gasteiger partial charge in [-0.25, -0.2) is 0 Å². The summed E-state index contributed by atoms with van der Waals surface area (Å²) < 4.78 is 1.81. The van der Waals surface area contributed by atoms with Crippen molar-refractivity contribution in [1.82, 2.24) is 0 Å². The second-order valence-electron chi connectivity index (χ2n) is 3.99. The summed E-state index contributed by atoms with van der Waals surface area (Å²) in [5.41, 5.74) is 1.80. The molecule has 0 aliphatic heterocycles. The number of hydrogen-bond acceptors (Lipinski definition) is 1. The average molecular weight is 391 g/mol. The Labute approximate surface area is 128 Å². The molecule has 0 fully saturated rings. The van der Waals surface area contributed by atoms with Crippen LogP contribution in [-0.2, 0) is 6.42 Å². The van der Waals surface area contributed by atoms with E-state index in [4.69, 9.17) is 11.6 Å². The largest absolute Gasteiger partial charge is 0.388 e. The Balaban J connectivity index is 2.22.